The fraction of sp³-hybridized carbons (Fsp3) is 0.636. The first-order chi connectivity index (χ1) is 8.23. The van der Waals surface area contributed by atoms with Crippen LogP contribution in [0.1, 0.15) is 13.3 Å². The van der Waals surface area contributed by atoms with Gasteiger partial charge in [0.1, 0.15) is 6.54 Å². The van der Waals surface area contributed by atoms with E-state index in [0.29, 0.717) is 4.90 Å². The molecule has 0 bridgehead atoms. The third-order valence-corrected chi connectivity index (χ3v) is 2.45. The second-order valence-electron chi connectivity index (χ2n) is 4.04. The maximum Gasteiger partial charge on any atom is 0.406 e. The van der Waals surface area contributed by atoms with E-state index in [0.717, 1.165) is 0 Å². The van der Waals surface area contributed by atoms with Gasteiger partial charge in [0.05, 0.1) is 5.92 Å². The van der Waals surface area contributed by atoms with E-state index in [4.69, 9.17) is 11.2 Å². The third kappa shape index (κ3) is 3.95. The van der Waals surface area contributed by atoms with E-state index in [9.17, 15) is 22.8 Å². The Balaban J connectivity index is 2.56. The molecule has 0 aromatic heterocycles. The Morgan fingerprint density at radius 1 is 1.67 bits per heavy atom. The average molecular weight is 263 g/mol. The Morgan fingerprint density at radius 2 is 2.28 bits per heavy atom. The van der Waals surface area contributed by atoms with Crippen LogP contribution < -0.4 is 0 Å². The van der Waals surface area contributed by atoms with Gasteiger partial charge in [-0.2, -0.15) is 13.2 Å². The lowest BCUT2D eigenvalue weighted by atomic mass is 10.1. The molecule has 100 valence electrons. The number of alkyl halides is 3. The fourth-order valence-electron chi connectivity index (χ4n) is 1.60. The summed E-state index contributed by atoms with van der Waals surface area (Å²) >= 11 is 0. The molecule has 1 aliphatic heterocycles. The molecule has 0 radical (unpaired) electrons. The summed E-state index contributed by atoms with van der Waals surface area (Å²) < 4.78 is 41.2. The van der Waals surface area contributed by atoms with Crippen molar-refractivity contribution in [2.75, 3.05) is 13.1 Å². The fourth-order valence-corrected chi connectivity index (χ4v) is 1.60. The topological polar surface area (TPSA) is 46.6 Å². The summed E-state index contributed by atoms with van der Waals surface area (Å²) in [6, 6.07) is 0. The number of esters is 1. The molecule has 0 aromatic rings. The lowest BCUT2D eigenvalue weighted by molar-refractivity contribution is -0.158. The first-order valence-corrected chi connectivity index (χ1v) is 5.24. The minimum atomic E-state index is -4.47. The molecule has 4 nitrogen and oxygen atoms in total. The zero-order valence-electron chi connectivity index (χ0n) is 9.66. The van der Waals surface area contributed by atoms with Crippen LogP contribution in [0.15, 0.2) is 0 Å². The van der Waals surface area contributed by atoms with Crippen LogP contribution in [-0.2, 0) is 14.3 Å². The van der Waals surface area contributed by atoms with Crippen molar-refractivity contribution >= 4 is 11.9 Å². The van der Waals surface area contributed by atoms with E-state index >= 15 is 0 Å². The van der Waals surface area contributed by atoms with E-state index in [1.165, 1.54) is 6.92 Å². The summed E-state index contributed by atoms with van der Waals surface area (Å²) in [5.41, 5.74) is 0. The Labute approximate surface area is 102 Å². The van der Waals surface area contributed by atoms with Crippen molar-refractivity contribution in [1.82, 2.24) is 4.90 Å². The number of likely N-dealkylation sites (tertiary alicyclic amines) is 1. The summed E-state index contributed by atoms with van der Waals surface area (Å²) in [4.78, 5) is 23.4. The van der Waals surface area contributed by atoms with Gasteiger partial charge in [0.2, 0.25) is 5.91 Å². The van der Waals surface area contributed by atoms with Crippen LogP contribution in [0.5, 0.6) is 0 Å². The smallest absolute Gasteiger partial charge is 0.406 e. The van der Waals surface area contributed by atoms with E-state index in [1.54, 1.807) is 0 Å². The maximum absolute atomic E-state index is 12.1. The second kappa shape index (κ2) is 5.29. The molecule has 0 aromatic carbocycles. The number of rotatable bonds is 3. The molecule has 1 amide bonds. The molecule has 0 spiro atoms. The molecule has 1 heterocycles. The van der Waals surface area contributed by atoms with Gasteiger partial charge >= 0.3 is 12.1 Å². The van der Waals surface area contributed by atoms with Gasteiger partial charge in [-0.15, -0.1) is 6.42 Å². The van der Waals surface area contributed by atoms with Gasteiger partial charge in [-0.05, 0) is 6.92 Å². The van der Waals surface area contributed by atoms with Crippen molar-refractivity contribution < 1.29 is 27.5 Å². The van der Waals surface area contributed by atoms with Crippen molar-refractivity contribution in [3.63, 3.8) is 0 Å². The maximum atomic E-state index is 12.1. The Hall–Kier alpha value is -1.71. The monoisotopic (exact) mass is 263 g/mol. The number of nitrogens with zero attached hydrogens (tertiary/aromatic N) is 1. The minimum Gasteiger partial charge on any atom is -0.449 e. The standard InChI is InChI=1S/C11H12F3NO3/c1-3-7(2)18-10(17)8-4-9(16)15(5-8)6-11(12,13)14/h1,7-8H,4-6H2,2H3/t7-,8-/m0/s1. The van der Waals surface area contributed by atoms with E-state index in [-0.39, 0.29) is 13.0 Å². The predicted octanol–water partition coefficient (Wildman–Crippen LogP) is 0.962. The van der Waals surface area contributed by atoms with Gasteiger partial charge in [-0.25, -0.2) is 0 Å². The summed E-state index contributed by atoms with van der Waals surface area (Å²) in [7, 11) is 0. The highest BCUT2D eigenvalue weighted by molar-refractivity contribution is 5.86. The van der Waals surface area contributed by atoms with Crippen LogP contribution in [0.3, 0.4) is 0 Å². The van der Waals surface area contributed by atoms with Gasteiger partial charge in [0.15, 0.2) is 6.10 Å². The van der Waals surface area contributed by atoms with Crippen molar-refractivity contribution in [2.45, 2.75) is 25.6 Å². The molecule has 1 rings (SSSR count). The molecule has 1 saturated heterocycles. The quantitative estimate of drug-likeness (QED) is 0.563. The van der Waals surface area contributed by atoms with Gasteiger partial charge in [0, 0.05) is 13.0 Å². The van der Waals surface area contributed by atoms with Crippen LogP contribution in [-0.4, -0.2) is 42.1 Å². The molecular formula is C11H12F3NO3. The molecule has 0 aliphatic carbocycles. The number of ether oxygens (including phenoxy) is 1. The first-order valence-electron chi connectivity index (χ1n) is 5.24. The number of amides is 1. The number of hydrogen-bond donors (Lipinski definition) is 0. The van der Waals surface area contributed by atoms with Crippen LogP contribution in [0.2, 0.25) is 0 Å². The second-order valence-corrected chi connectivity index (χ2v) is 4.04. The number of carbonyl (C=O) groups excluding carboxylic acids is 2. The van der Waals surface area contributed by atoms with Crippen LogP contribution in [0, 0.1) is 18.3 Å². The SMILES string of the molecule is C#C[C@H](C)OC(=O)[C@H]1CC(=O)N(CC(F)(F)F)C1. The average Bonchev–Trinajstić information content (AvgIpc) is 2.57. The Bertz CT molecular complexity index is 386. The predicted molar refractivity (Wildman–Crippen MR) is 55.1 cm³/mol. The van der Waals surface area contributed by atoms with Crippen LogP contribution in [0.25, 0.3) is 0 Å². The summed E-state index contributed by atoms with van der Waals surface area (Å²) in [5.74, 6) is -0.164. The number of carbonyl (C=O) groups is 2. The van der Waals surface area contributed by atoms with E-state index in [2.05, 4.69) is 5.92 Å². The summed E-state index contributed by atoms with van der Waals surface area (Å²) in [6.07, 6.45) is -0.500. The molecule has 18 heavy (non-hydrogen) atoms. The summed E-state index contributed by atoms with van der Waals surface area (Å²) in [5, 5.41) is 0. The van der Waals surface area contributed by atoms with Gasteiger partial charge < -0.3 is 9.64 Å². The highest BCUT2D eigenvalue weighted by atomic mass is 19.4. The lowest BCUT2D eigenvalue weighted by Crippen LogP contribution is -2.36. The molecule has 7 heteroatoms. The molecule has 0 unspecified atom stereocenters. The van der Waals surface area contributed by atoms with Crippen LogP contribution in [0.4, 0.5) is 13.2 Å². The largest absolute Gasteiger partial charge is 0.449 e. The summed E-state index contributed by atoms with van der Waals surface area (Å²) in [6.45, 7) is -0.170. The Kier molecular flexibility index (Phi) is 4.22. The van der Waals surface area contributed by atoms with E-state index < -0.39 is 36.6 Å². The molecule has 0 N–H and O–H groups in total. The van der Waals surface area contributed by atoms with Crippen molar-refractivity contribution in [3.05, 3.63) is 0 Å². The van der Waals surface area contributed by atoms with E-state index in [1.807, 2.05) is 0 Å². The zero-order chi connectivity index (χ0) is 13.9. The number of hydrogen-bond acceptors (Lipinski definition) is 3. The third-order valence-electron chi connectivity index (χ3n) is 2.45. The van der Waals surface area contributed by atoms with Crippen molar-refractivity contribution in [1.29, 1.82) is 0 Å². The molecule has 0 saturated carbocycles. The molecule has 1 fully saturated rings. The Morgan fingerprint density at radius 3 is 2.78 bits per heavy atom. The van der Waals surface area contributed by atoms with Crippen molar-refractivity contribution in [3.8, 4) is 12.3 Å². The first kappa shape index (κ1) is 14.4. The van der Waals surface area contributed by atoms with Gasteiger partial charge in [0.25, 0.3) is 0 Å². The highest BCUT2D eigenvalue weighted by Gasteiger charge is 2.41. The molecule has 2 atom stereocenters. The van der Waals surface area contributed by atoms with Crippen molar-refractivity contribution in [2.24, 2.45) is 5.92 Å². The normalized spacial score (nSPS) is 21.6. The van der Waals surface area contributed by atoms with Gasteiger partial charge in [-0.1, -0.05) is 5.92 Å². The number of halogens is 3. The minimum absolute atomic E-state index is 0.272. The molecular weight excluding hydrogens is 251 g/mol. The van der Waals surface area contributed by atoms with Gasteiger partial charge in [-0.3, -0.25) is 9.59 Å². The zero-order valence-corrected chi connectivity index (χ0v) is 9.66. The highest BCUT2D eigenvalue weighted by Crippen LogP contribution is 2.24. The van der Waals surface area contributed by atoms with Crippen LogP contribution >= 0.6 is 0 Å². The number of terminal acetylenes is 1. The lowest BCUT2D eigenvalue weighted by Gasteiger charge is -2.18. The molecule has 1 aliphatic rings.